The number of hydrogen-bond acceptors (Lipinski definition) is 4. The van der Waals surface area contributed by atoms with E-state index in [9.17, 15) is 9.90 Å². The second kappa shape index (κ2) is 6.01. The van der Waals surface area contributed by atoms with Gasteiger partial charge in [0.2, 0.25) is 0 Å². The van der Waals surface area contributed by atoms with Gasteiger partial charge in [-0.3, -0.25) is 0 Å². The molecule has 0 spiro atoms. The zero-order valence-electron chi connectivity index (χ0n) is 15.6. The van der Waals surface area contributed by atoms with Gasteiger partial charge in [0.1, 0.15) is 5.58 Å². The molecular formula is C20H24BNO5. The van der Waals surface area contributed by atoms with Crippen molar-refractivity contribution < 1.29 is 23.6 Å². The Labute approximate surface area is 158 Å². The van der Waals surface area contributed by atoms with Crippen LogP contribution >= 0.6 is 0 Å². The summed E-state index contributed by atoms with van der Waals surface area (Å²) in [5.74, 6) is 0.690. The van der Waals surface area contributed by atoms with Crippen LogP contribution in [0.2, 0.25) is 0 Å². The van der Waals surface area contributed by atoms with Crippen molar-refractivity contribution in [1.82, 2.24) is 5.32 Å². The fourth-order valence-electron chi connectivity index (χ4n) is 5.35. The van der Waals surface area contributed by atoms with E-state index in [1.807, 2.05) is 24.3 Å². The lowest BCUT2D eigenvalue weighted by molar-refractivity contribution is -0.150. The molecule has 3 aliphatic carbocycles. The van der Waals surface area contributed by atoms with Gasteiger partial charge in [-0.15, -0.1) is 0 Å². The molecule has 2 bridgehead atoms. The Morgan fingerprint density at radius 3 is 2.93 bits per heavy atom. The van der Waals surface area contributed by atoms with E-state index in [-0.39, 0.29) is 17.6 Å². The monoisotopic (exact) mass is 369 g/mol. The topological polar surface area (TPSA) is 80.9 Å². The molecule has 1 amide bonds. The number of para-hydroxylation sites is 1. The minimum absolute atomic E-state index is 0.0641. The van der Waals surface area contributed by atoms with E-state index in [1.54, 1.807) is 6.26 Å². The lowest BCUT2D eigenvalue weighted by Crippen LogP contribution is -2.59. The second-order valence-electron chi connectivity index (χ2n) is 8.76. The molecular weight excluding hydrogens is 345 g/mol. The highest BCUT2D eigenvalue weighted by atomic mass is 16.7. The zero-order chi connectivity index (χ0) is 18.8. The average Bonchev–Trinajstić information content (AvgIpc) is 3.24. The van der Waals surface area contributed by atoms with Crippen molar-refractivity contribution in [3.05, 3.63) is 36.1 Å². The molecule has 1 saturated heterocycles. The number of furan rings is 1. The van der Waals surface area contributed by atoms with E-state index in [4.69, 9.17) is 13.7 Å². The highest BCUT2D eigenvalue weighted by Gasteiger charge is 2.62. The third kappa shape index (κ3) is 2.67. The molecule has 4 fully saturated rings. The first-order valence-corrected chi connectivity index (χ1v) is 9.69. The Balaban J connectivity index is 1.38. The predicted molar refractivity (Wildman–Crippen MR) is 100 cm³/mol. The van der Waals surface area contributed by atoms with Crippen molar-refractivity contribution in [2.45, 2.75) is 51.3 Å². The average molecular weight is 369 g/mol. The van der Waals surface area contributed by atoms with E-state index in [1.165, 1.54) is 6.42 Å². The first kappa shape index (κ1) is 17.1. The Morgan fingerprint density at radius 1 is 1.33 bits per heavy atom. The normalized spacial score (nSPS) is 32.0. The molecule has 2 N–H and O–H groups in total. The summed E-state index contributed by atoms with van der Waals surface area (Å²) in [6, 6.07) is 7.77. The van der Waals surface area contributed by atoms with Crippen LogP contribution < -0.4 is 5.32 Å². The van der Waals surface area contributed by atoms with Crippen molar-refractivity contribution in [1.29, 1.82) is 0 Å². The van der Waals surface area contributed by atoms with Gasteiger partial charge >= 0.3 is 13.2 Å². The first-order chi connectivity index (χ1) is 12.9. The molecule has 1 aromatic heterocycles. The van der Waals surface area contributed by atoms with Crippen LogP contribution in [-0.2, 0) is 15.7 Å². The summed E-state index contributed by atoms with van der Waals surface area (Å²) in [7, 11) is -0.570. The summed E-state index contributed by atoms with van der Waals surface area (Å²) in [5.41, 5.74) is 2.04. The van der Waals surface area contributed by atoms with Gasteiger partial charge in [-0.05, 0) is 48.1 Å². The van der Waals surface area contributed by atoms with E-state index >= 15 is 0 Å². The maximum Gasteiger partial charge on any atom is 0.481 e. The number of amides is 1. The van der Waals surface area contributed by atoms with Crippen molar-refractivity contribution in [2.75, 3.05) is 0 Å². The molecule has 2 unspecified atom stereocenters. The minimum Gasteiger partial charge on any atom is -0.465 e. The lowest BCUT2D eigenvalue weighted by atomic mass is 9.47. The first-order valence-electron chi connectivity index (χ1n) is 9.69. The summed E-state index contributed by atoms with van der Waals surface area (Å²) in [6.07, 6.45) is 3.42. The number of carboxylic acid groups (broad SMARTS) is 1. The number of carbonyl (C=O) groups is 1. The minimum atomic E-state index is -1.07. The van der Waals surface area contributed by atoms with Gasteiger partial charge in [0.15, 0.2) is 0 Å². The van der Waals surface area contributed by atoms with E-state index in [0.717, 1.165) is 23.0 Å². The molecule has 0 radical (unpaired) electrons. The fourth-order valence-corrected chi connectivity index (χ4v) is 5.35. The lowest BCUT2D eigenvalue weighted by Gasteiger charge is -2.60. The Hall–Kier alpha value is -1.99. The van der Waals surface area contributed by atoms with Crippen LogP contribution in [0.3, 0.4) is 0 Å². The molecule has 3 saturated carbocycles. The quantitative estimate of drug-likeness (QED) is 0.807. The fraction of sp³-hybridized carbons (Fsp3) is 0.550. The molecule has 4 aliphatic rings. The maximum absolute atomic E-state index is 11.4. The molecule has 1 aliphatic heterocycles. The molecule has 142 valence electrons. The number of fused-ring (bicyclic) bond motifs is 1. The third-order valence-electron chi connectivity index (χ3n) is 7.06. The third-order valence-corrected chi connectivity index (χ3v) is 7.06. The Morgan fingerprint density at radius 2 is 2.15 bits per heavy atom. The van der Waals surface area contributed by atoms with Gasteiger partial charge in [0, 0.05) is 5.39 Å². The van der Waals surface area contributed by atoms with Crippen molar-refractivity contribution in [2.24, 2.45) is 17.3 Å². The number of hydrogen-bond donors (Lipinski definition) is 2. The van der Waals surface area contributed by atoms with Crippen LogP contribution in [-0.4, -0.2) is 36.5 Å². The van der Waals surface area contributed by atoms with Gasteiger partial charge in [-0.25, -0.2) is 4.79 Å². The molecule has 2 aromatic rings. The van der Waals surface area contributed by atoms with E-state index < -0.39 is 19.2 Å². The summed E-state index contributed by atoms with van der Waals surface area (Å²) in [6.45, 7) is 4.62. The summed E-state index contributed by atoms with van der Waals surface area (Å²) >= 11 is 0. The molecule has 6 nitrogen and oxygen atoms in total. The second-order valence-corrected chi connectivity index (χ2v) is 8.76. The predicted octanol–water partition coefficient (Wildman–Crippen LogP) is 3.49. The van der Waals surface area contributed by atoms with Crippen LogP contribution in [0.1, 0.15) is 32.3 Å². The van der Waals surface area contributed by atoms with Crippen LogP contribution in [0.4, 0.5) is 4.79 Å². The SMILES string of the molecule is CC1(C)[C@H]2C[C@@H]1C1OB(C(Cc3coc4ccccc34)NC(=O)O)O[C@@H]1C2. The molecule has 6 rings (SSSR count). The van der Waals surface area contributed by atoms with Gasteiger partial charge in [-0.2, -0.15) is 0 Å². The van der Waals surface area contributed by atoms with Crippen LogP contribution in [0.15, 0.2) is 34.9 Å². The van der Waals surface area contributed by atoms with Crippen LogP contribution in [0.5, 0.6) is 0 Å². The molecule has 7 heteroatoms. The molecule has 2 heterocycles. The Bertz CT molecular complexity index is 880. The standard InChI is InChI=1S/C20H24BNO5/c1-20(2)12-8-14(20)18-16(9-12)26-21(27-18)17(22-19(23)24)7-11-10-25-15-6-4-3-5-13(11)15/h3-6,10,12,14,16-18,22H,7-9H2,1-2H3,(H,23,24)/t12-,14+,16+,17?,18?/m0/s1. The maximum atomic E-state index is 11.4. The molecule has 27 heavy (non-hydrogen) atoms. The van der Waals surface area contributed by atoms with Gasteiger partial charge in [0.05, 0.1) is 24.4 Å². The van der Waals surface area contributed by atoms with Crippen molar-refractivity contribution >= 4 is 24.2 Å². The van der Waals surface area contributed by atoms with Gasteiger partial charge in [-0.1, -0.05) is 32.0 Å². The number of nitrogens with one attached hydrogen (secondary N) is 1. The molecule has 1 aromatic carbocycles. The van der Waals surface area contributed by atoms with Crippen molar-refractivity contribution in [3.63, 3.8) is 0 Å². The Kier molecular flexibility index (Phi) is 3.81. The largest absolute Gasteiger partial charge is 0.481 e. The molecule has 5 atom stereocenters. The summed E-state index contributed by atoms with van der Waals surface area (Å²) < 4.78 is 18.1. The van der Waals surface area contributed by atoms with Gasteiger partial charge < -0.3 is 24.1 Å². The van der Waals surface area contributed by atoms with E-state index in [2.05, 4.69) is 19.2 Å². The van der Waals surface area contributed by atoms with Crippen molar-refractivity contribution in [3.8, 4) is 0 Å². The van der Waals surface area contributed by atoms with Gasteiger partial charge in [0.25, 0.3) is 0 Å². The zero-order valence-corrected chi connectivity index (χ0v) is 15.6. The van der Waals surface area contributed by atoms with Crippen LogP contribution in [0.25, 0.3) is 11.0 Å². The summed E-state index contributed by atoms with van der Waals surface area (Å²) in [5, 5.41) is 12.9. The summed E-state index contributed by atoms with van der Waals surface area (Å²) in [4.78, 5) is 11.4. The number of benzene rings is 1. The van der Waals surface area contributed by atoms with E-state index in [0.29, 0.717) is 18.3 Å². The highest BCUT2D eigenvalue weighted by Crippen LogP contribution is 2.61. The number of rotatable bonds is 4. The van der Waals surface area contributed by atoms with Crippen LogP contribution in [0, 0.1) is 17.3 Å². The smallest absolute Gasteiger partial charge is 0.465 e. The highest BCUT2D eigenvalue weighted by molar-refractivity contribution is 6.47.